The number of hydrogen-bond donors (Lipinski definition) is 1. The third-order valence-corrected chi connectivity index (χ3v) is 4.98. The van der Waals surface area contributed by atoms with E-state index in [1.54, 1.807) is 18.3 Å². The molecule has 3 aromatic rings. The number of aromatic nitrogens is 1. The van der Waals surface area contributed by atoms with Crippen LogP contribution >= 0.6 is 0 Å². The van der Waals surface area contributed by atoms with Crippen LogP contribution in [0.5, 0.6) is 0 Å². The third-order valence-electron chi connectivity index (χ3n) is 3.17. The van der Waals surface area contributed by atoms with Crippen molar-refractivity contribution in [2.24, 2.45) is 0 Å². The van der Waals surface area contributed by atoms with Crippen molar-refractivity contribution >= 4 is 20.7 Å². The van der Waals surface area contributed by atoms with Gasteiger partial charge in [0, 0.05) is 17.1 Å². The molecular formula is C15H13NO2S. The van der Waals surface area contributed by atoms with Gasteiger partial charge in [-0.3, -0.25) is 0 Å². The van der Waals surface area contributed by atoms with Crippen LogP contribution in [0.25, 0.3) is 10.9 Å². The molecule has 0 radical (unpaired) electrons. The lowest BCUT2D eigenvalue weighted by Crippen LogP contribution is -2.00. The number of fused-ring (bicyclic) bond motifs is 1. The van der Waals surface area contributed by atoms with E-state index in [9.17, 15) is 8.42 Å². The average Bonchev–Trinajstić information content (AvgIpc) is 2.83. The Morgan fingerprint density at radius 2 is 1.63 bits per heavy atom. The van der Waals surface area contributed by atoms with Crippen molar-refractivity contribution in [3.63, 3.8) is 0 Å². The highest BCUT2D eigenvalue weighted by Crippen LogP contribution is 2.28. The van der Waals surface area contributed by atoms with Crippen LogP contribution in [0.15, 0.2) is 64.5 Å². The number of aromatic amines is 1. The van der Waals surface area contributed by atoms with Crippen LogP contribution in [0.4, 0.5) is 0 Å². The summed E-state index contributed by atoms with van der Waals surface area (Å²) >= 11 is 0. The predicted molar refractivity (Wildman–Crippen MR) is 74.9 cm³/mol. The number of nitrogens with one attached hydrogen (secondary N) is 1. The van der Waals surface area contributed by atoms with Crippen LogP contribution in [0.3, 0.4) is 0 Å². The summed E-state index contributed by atoms with van der Waals surface area (Å²) in [4.78, 5) is 3.64. The Bertz CT molecular complexity index is 830. The van der Waals surface area contributed by atoms with Crippen molar-refractivity contribution in [3.8, 4) is 0 Å². The predicted octanol–water partition coefficient (Wildman–Crippen LogP) is 3.31. The van der Waals surface area contributed by atoms with Gasteiger partial charge in [-0.1, -0.05) is 35.9 Å². The summed E-state index contributed by atoms with van der Waals surface area (Å²) in [5, 5.41) is 0.725. The number of H-pyrrole nitrogens is 1. The molecule has 4 heteroatoms. The molecule has 0 aliphatic heterocycles. The summed E-state index contributed by atoms with van der Waals surface area (Å²) < 4.78 is 25.2. The van der Waals surface area contributed by atoms with Crippen LogP contribution in [0.2, 0.25) is 0 Å². The van der Waals surface area contributed by atoms with Crippen molar-refractivity contribution in [1.82, 2.24) is 4.98 Å². The van der Waals surface area contributed by atoms with Crippen molar-refractivity contribution in [1.29, 1.82) is 0 Å². The summed E-state index contributed by atoms with van der Waals surface area (Å²) in [6.07, 6.45) is 1.56. The Balaban J connectivity index is 2.22. The molecular weight excluding hydrogens is 258 g/mol. The molecule has 0 aliphatic carbocycles. The molecule has 0 spiro atoms. The molecule has 0 amide bonds. The molecule has 0 atom stereocenters. The Hall–Kier alpha value is -2.07. The van der Waals surface area contributed by atoms with Crippen LogP contribution in [-0.4, -0.2) is 13.4 Å². The number of para-hydroxylation sites is 1. The van der Waals surface area contributed by atoms with Gasteiger partial charge in [-0.25, -0.2) is 8.42 Å². The van der Waals surface area contributed by atoms with E-state index in [0.29, 0.717) is 9.79 Å². The lowest BCUT2D eigenvalue weighted by molar-refractivity contribution is 0.597. The minimum absolute atomic E-state index is 0.322. The molecule has 0 aliphatic rings. The van der Waals surface area contributed by atoms with E-state index >= 15 is 0 Å². The lowest BCUT2D eigenvalue weighted by atomic mass is 10.2. The molecule has 96 valence electrons. The van der Waals surface area contributed by atoms with Gasteiger partial charge in [-0.05, 0) is 25.1 Å². The fourth-order valence-corrected chi connectivity index (χ4v) is 3.54. The molecule has 1 aromatic heterocycles. The maximum absolute atomic E-state index is 12.6. The molecule has 3 nitrogen and oxygen atoms in total. The Morgan fingerprint density at radius 1 is 0.947 bits per heavy atom. The van der Waals surface area contributed by atoms with Crippen LogP contribution in [-0.2, 0) is 9.84 Å². The van der Waals surface area contributed by atoms with Crippen LogP contribution in [0.1, 0.15) is 5.56 Å². The molecule has 1 N–H and O–H groups in total. The topological polar surface area (TPSA) is 49.9 Å². The van der Waals surface area contributed by atoms with E-state index in [4.69, 9.17) is 0 Å². The van der Waals surface area contributed by atoms with E-state index in [-0.39, 0.29) is 0 Å². The Labute approximate surface area is 111 Å². The minimum Gasteiger partial charge on any atom is -0.360 e. The molecule has 0 unspecified atom stereocenters. The van der Waals surface area contributed by atoms with Gasteiger partial charge < -0.3 is 4.98 Å². The second-order valence-electron chi connectivity index (χ2n) is 4.51. The van der Waals surface area contributed by atoms with E-state index in [1.165, 1.54) is 0 Å². The SMILES string of the molecule is Cc1ccc(S(=O)(=O)c2c[nH]c3ccccc23)cc1. The van der Waals surface area contributed by atoms with Crippen molar-refractivity contribution in [3.05, 3.63) is 60.3 Å². The number of hydrogen-bond acceptors (Lipinski definition) is 2. The Kier molecular flexibility index (Phi) is 2.68. The van der Waals surface area contributed by atoms with E-state index in [0.717, 1.165) is 16.5 Å². The summed E-state index contributed by atoms with van der Waals surface area (Å²) in [6, 6.07) is 14.3. The van der Waals surface area contributed by atoms with Crippen LogP contribution < -0.4 is 0 Å². The monoisotopic (exact) mass is 271 g/mol. The molecule has 0 bridgehead atoms. The number of benzene rings is 2. The average molecular weight is 271 g/mol. The highest BCUT2D eigenvalue weighted by molar-refractivity contribution is 7.91. The Morgan fingerprint density at radius 3 is 2.37 bits per heavy atom. The van der Waals surface area contributed by atoms with Crippen molar-refractivity contribution < 1.29 is 8.42 Å². The fourth-order valence-electron chi connectivity index (χ4n) is 2.11. The summed E-state index contributed by atoms with van der Waals surface area (Å²) in [5.74, 6) is 0. The second-order valence-corrected chi connectivity index (χ2v) is 6.43. The molecule has 0 fully saturated rings. The maximum Gasteiger partial charge on any atom is 0.208 e. The van der Waals surface area contributed by atoms with E-state index in [1.807, 2.05) is 43.3 Å². The quantitative estimate of drug-likeness (QED) is 0.777. The maximum atomic E-state index is 12.6. The number of rotatable bonds is 2. The first-order valence-electron chi connectivity index (χ1n) is 5.97. The molecule has 19 heavy (non-hydrogen) atoms. The van der Waals surface area contributed by atoms with Gasteiger partial charge in [-0.15, -0.1) is 0 Å². The van der Waals surface area contributed by atoms with Gasteiger partial charge in [0.2, 0.25) is 9.84 Å². The first-order chi connectivity index (χ1) is 9.09. The van der Waals surface area contributed by atoms with E-state index in [2.05, 4.69) is 4.98 Å². The van der Waals surface area contributed by atoms with E-state index < -0.39 is 9.84 Å². The molecule has 2 aromatic carbocycles. The third kappa shape index (κ3) is 1.94. The summed E-state index contributed by atoms with van der Waals surface area (Å²) in [6.45, 7) is 1.93. The molecule has 1 heterocycles. The van der Waals surface area contributed by atoms with Gasteiger partial charge in [-0.2, -0.15) is 0 Å². The van der Waals surface area contributed by atoms with Gasteiger partial charge >= 0.3 is 0 Å². The normalized spacial score (nSPS) is 11.8. The zero-order valence-electron chi connectivity index (χ0n) is 10.4. The summed E-state index contributed by atoms with van der Waals surface area (Å²) in [5.41, 5.74) is 1.87. The lowest BCUT2D eigenvalue weighted by Gasteiger charge is -2.03. The largest absolute Gasteiger partial charge is 0.360 e. The van der Waals surface area contributed by atoms with Crippen molar-refractivity contribution in [2.75, 3.05) is 0 Å². The first-order valence-corrected chi connectivity index (χ1v) is 7.45. The van der Waals surface area contributed by atoms with Crippen LogP contribution in [0, 0.1) is 6.92 Å². The standard InChI is InChI=1S/C15H13NO2S/c1-11-6-8-12(9-7-11)19(17,18)15-10-16-14-5-3-2-4-13(14)15/h2-10,16H,1H3. The van der Waals surface area contributed by atoms with Gasteiger partial charge in [0.25, 0.3) is 0 Å². The molecule has 0 saturated heterocycles. The molecule has 3 rings (SSSR count). The summed E-state index contributed by atoms with van der Waals surface area (Å²) in [7, 11) is -3.47. The van der Waals surface area contributed by atoms with Crippen molar-refractivity contribution in [2.45, 2.75) is 16.7 Å². The number of aryl methyl sites for hydroxylation is 1. The number of sulfone groups is 1. The minimum atomic E-state index is -3.47. The first kappa shape index (κ1) is 12.0. The zero-order valence-corrected chi connectivity index (χ0v) is 11.2. The fraction of sp³-hybridized carbons (Fsp3) is 0.0667. The highest BCUT2D eigenvalue weighted by atomic mass is 32.2. The smallest absolute Gasteiger partial charge is 0.208 e. The second kappa shape index (κ2) is 4.24. The van der Waals surface area contributed by atoms with Gasteiger partial charge in [0.05, 0.1) is 9.79 Å². The zero-order chi connectivity index (χ0) is 13.5. The highest BCUT2D eigenvalue weighted by Gasteiger charge is 2.21. The van der Waals surface area contributed by atoms with Gasteiger partial charge in [0.1, 0.15) is 0 Å². The molecule has 0 saturated carbocycles. The van der Waals surface area contributed by atoms with Gasteiger partial charge in [0.15, 0.2) is 0 Å².